The van der Waals surface area contributed by atoms with Gasteiger partial charge in [0.15, 0.2) is 5.96 Å². The van der Waals surface area contributed by atoms with Gasteiger partial charge >= 0.3 is 5.97 Å². The number of carbonyl (C=O) groups is 1. The summed E-state index contributed by atoms with van der Waals surface area (Å²) >= 11 is 0. The fourth-order valence-electron chi connectivity index (χ4n) is 3.38. The summed E-state index contributed by atoms with van der Waals surface area (Å²) in [4.78, 5) is 20.8. The van der Waals surface area contributed by atoms with Crippen molar-refractivity contribution in [2.75, 3.05) is 47.4 Å². The second-order valence-corrected chi connectivity index (χ2v) is 6.83. The fourth-order valence-corrected chi connectivity index (χ4v) is 3.38. The van der Waals surface area contributed by atoms with Gasteiger partial charge in [0.05, 0.1) is 18.6 Å². The van der Waals surface area contributed by atoms with Crippen molar-refractivity contribution >= 4 is 35.9 Å². The highest BCUT2D eigenvalue weighted by molar-refractivity contribution is 14.0. The van der Waals surface area contributed by atoms with E-state index in [2.05, 4.69) is 58.5 Å². The smallest absolute Gasteiger partial charge is 0.309 e. The van der Waals surface area contributed by atoms with Crippen molar-refractivity contribution in [1.82, 2.24) is 15.1 Å². The van der Waals surface area contributed by atoms with E-state index < -0.39 is 0 Å². The Kier molecular flexibility index (Phi) is 10.7. The molecule has 1 aliphatic heterocycles. The maximum absolute atomic E-state index is 11.9. The molecule has 27 heavy (non-hydrogen) atoms. The van der Waals surface area contributed by atoms with E-state index in [0.717, 1.165) is 38.4 Å². The number of likely N-dealkylation sites (tertiary alicyclic amines) is 1. The number of piperidine rings is 1. The molecule has 1 aromatic rings. The highest BCUT2D eigenvalue weighted by Gasteiger charge is 2.27. The van der Waals surface area contributed by atoms with E-state index in [4.69, 9.17) is 4.74 Å². The molecule has 0 saturated carbocycles. The Bertz CT molecular complexity index is 587. The first-order chi connectivity index (χ1) is 12.6. The molecule has 0 aliphatic carbocycles. The Hall–Kier alpha value is -1.35. The van der Waals surface area contributed by atoms with Crippen molar-refractivity contribution in [2.24, 2.45) is 10.9 Å². The van der Waals surface area contributed by atoms with Gasteiger partial charge in [-0.15, -0.1) is 24.0 Å². The lowest BCUT2D eigenvalue weighted by Gasteiger charge is -2.34. The van der Waals surface area contributed by atoms with Crippen LogP contribution < -0.4 is 5.32 Å². The van der Waals surface area contributed by atoms with Crippen molar-refractivity contribution in [3.05, 3.63) is 35.9 Å². The molecule has 1 heterocycles. The van der Waals surface area contributed by atoms with Crippen molar-refractivity contribution in [2.45, 2.75) is 25.8 Å². The monoisotopic (exact) mass is 488 g/mol. The third-order valence-electron chi connectivity index (χ3n) is 4.89. The zero-order valence-electron chi connectivity index (χ0n) is 16.9. The summed E-state index contributed by atoms with van der Waals surface area (Å²) in [5.74, 6) is 0.852. The SMILES string of the molecule is CCOC(=O)C1CCN(C(=NC)NCC(c2ccccc2)N(C)C)CC1.I. The molecule has 1 aliphatic rings. The van der Waals surface area contributed by atoms with Gasteiger partial charge in [-0.2, -0.15) is 0 Å². The minimum absolute atomic E-state index is 0. The van der Waals surface area contributed by atoms with Gasteiger partial charge in [0.25, 0.3) is 0 Å². The molecule has 0 spiro atoms. The van der Waals surface area contributed by atoms with Gasteiger partial charge in [-0.1, -0.05) is 30.3 Å². The number of nitrogens with one attached hydrogen (secondary N) is 1. The number of halogens is 1. The van der Waals surface area contributed by atoms with Crippen LogP contribution in [0.15, 0.2) is 35.3 Å². The number of likely N-dealkylation sites (N-methyl/N-ethyl adjacent to an activating group) is 1. The average molecular weight is 488 g/mol. The number of guanidine groups is 1. The highest BCUT2D eigenvalue weighted by Crippen LogP contribution is 2.20. The Morgan fingerprint density at radius 3 is 2.44 bits per heavy atom. The van der Waals surface area contributed by atoms with Gasteiger partial charge in [-0.3, -0.25) is 9.79 Å². The Balaban J connectivity index is 0.00000364. The number of ether oxygens (including phenoxy) is 1. The molecule has 1 atom stereocenters. The summed E-state index contributed by atoms with van der Waals surface area (Å²) in [6, 6.07) is 10.8. The topological polar surface area (TPSA) is 57.2 Å². The fraction of sp³-hybridized carbons (Fsp3) is 0.600. The third-order valence-corrected chi connectivity index (χ3v) is 4.89. The molecule has 6 nitrogen and oxygen atoms in total. The molecule has 0 aromatic heterocycles. The van der Waals surface area contributed by atoms with Crippen molar-refractivity contribution in [1.29, 1.82) is 0 Å². The summed E-state index contributed by atoms with van der Waals surface area (Å²) in [5, 5.41) is 3.51. The van der Waals surface area contributed by atoms with Crippen LogP contribution in [0.25, 0.3) is 0 Å². The lowest BCUT2D eigenvalue weighted by molar-refractivity contribution is -0.149. The Morgan fingerprint density at radius 1 is 1.30 bits per heavy atom. The normalized spacial score (nSPS) is 16.6. The van der Waals surface area contributed by atoms with E-state index in [1.54, 1.807) is 0 Å². The first-order valence-corrected chi connectivity index (χ1v) is 9.40. The quantitative estimate of drug-likeness (QED) is 0.289. The van der Waals surface area contributed by atoms with E-state index in [9.17, 15) is 4.79 Å². The number of carbonyl (C=O) groups excluding carboxylic acids is 1. The van der Waals surface area contributed by atoms with Crippen LogP contribution in [0.5, 0.6) is 0 Å². The second kappa shape index (κ2) is 12.2. The van der Waals surface area contributed by atoms with Gasteiger partial charge in [0.2, 0.25) is 0 Å². The first kappa shape index (κ1) is 23.7. The summed E-state index contributed by atoms with van der Waals surface area (Å²) in [6.45, 7) is 4.73. The predicted molar refractivity (Wildman–Crippen MR) is 121 cm³/mol. The minimum Gasteiger partial charge on any atom is -0.466 e. The minimum atomic E-state index is -0.0631. The summed E-state index contributed by atoms with van der Waals surface area (Å²) < 4.78 is 5.15. The number of hydrogen-bond acceptors (Lipinski definition) is 4. The summed E-state index contributed by atoms with van der Waals surface area (Å²) in [7, 11) is 5.99. The molecule has 1 aromatic carbocycles. The standard InChI is InChI=1S/C20H32N4O2.HI/c1-5-26-19(25)17-11-13-24(14-12-17)20(21-2)22-15-18(23(3)4)16-9-7-6-8-10-16;/h6-10,17-18H,5,11-15H2,1-4H3,(H,21,22);1H. The summed E-state index contributed by atoms with van der Waals surface area (Å²) in [5.41, 5.74) is 1.28. The number of aliphatic imine (C=N–C) groups is 1. The molecule has 0 amide bonds. The molecular formula is C20H33IN4O2. The van der Waals surface area contributed by atoms with Gasteiger partial charge in [-0.25, -0.2) is 0 Å². The van der Waals surface area contributed by atoms with E-state index in [0.29, 0.717) is 6.61 Å². The molecule has 1 fully saturated rings. The van der Waals surface area contributed by atoms with Gasteiger partial charge < -0.3 is 19.9 Å². The zero-order chi connectivity index (χ0) is 18.9. The van der Waals surface area contributed by atoms with Crippen molar-refractivity contribution < 1.29 is 9.53 Å². The van der Waals surface area contributed by atoms with Gasteiger partial charge in [0.1, 0.15) is 0 Å². The lowest BCUT2D eigenvalue weighted by atomic mass is 9.97. The number of esters is 1. The van der Waals surface area contributed by atoms with Crippen LogP contribution in [0.1, 0.15) is 31.4 Å². The maximum atomic E-state index is 11.9. The van der Waals surface area contributed by atoms with Crippen LogP contribution in [0, 0.1) is 5.92 Å². The Labute approximate surface area is 180 Å². The molecule has 1 N–H and O–H groups in total. The van der Waals surface area contributed by atoms with Crippen molar-refractivity contribution in [3.63, 3.8) is 0 Å². The maximum Gasteiger partial charge on any atom is 0.309 e. The van der Waals surface area contributed by atoms with Gasteiger partial charge in [0, 0.05) is 26.7 Å². The lowest BCUT2D eigenvalue weighted by Crippen LogP contribution is -2.48. The Morgan fingerprint density at radius 2 is 1.93 bits per heavy atom. The number of nitrogens with zero attached hydrogens (tertiary/aromatic N) is 3. The molecule has 2 rings (SSSR count). The molecule has 1 unspecified atom stereocenters. The van der Waals surface area contributed by atoms with Crippen LogP contribution in [0.3, 0.4) is 0 Å². The van der Waals surface area contributed by atoms with E-state index in [1.807, 2.05) is 20.0 Å². The largest absolute Gasteiger partial charge is 0.466 e. The molecule has 7 heteroatoms. The van der Waals surface area contributed by atoms with E-state index >= 15 is 0 Å². The van der Waals surface area contributed by atoms with Crippen molar-refractivity contribution in [3.8, 4) is 0 Å². The van der Waals surface area contributed by atoms with E-state index in [-0.39, 0.29) is 41.9 Å². The van der Waals surface area contributed by atoms with Gasteiger partial charge in [-0.05, 0) is 39.4 Å². The summed E-state index contributed by atoms with van der Waals surface area (Å²) in [6.07, 6.45) is 1.63. The van der Waals surface area contributed by atoms with E-state index in [1.165, 1.54) is 5.56 Å². The molecule has 1 saturated heterocycles. The molecule has 0 bridgehead atoms. The van der Waals surface area contributed by atoms with Crippen LogP contribution >= 0.6 is 24.0 Å². The highest BCUT2D eigenvalue weighted by atomic mass is 127. The molecule has 0 radical (unpaired) electrons. The number of benzene rings is 1. The zero-order valence-corrected chi connectivity index (χ0v) is 19.2. The average Bonchev–Trinajstić information content (AvgIpc) is 2.66. The first-order valence-electron chi connectivity index (χ1n) is 9.40. The number of hydrogen-bond donors (Lipinski definition) is 1. The predicted octanol–water partition coefficient (Wildman–Crippen LogP) is 2.76. The molecule has 152 valence electrons. The molecular weight excluding hydrogens is 455 g/mol. The van der Waals surface area contributed by atoms with Crippen LogP contribution in [0.4, 0.5) is 0 Å². The van der Waals surface area contributed by atoms with Crippen LogP contribution in [-0.2, 0) is 9.53 Å². The second-order valence-electron chi connectivity index (χ2n) is 6.83. The number of rotatable bonds is 6. The van der Waals surface area contributed by atoms with Crippen LogP contribution in [-0.4, -0.2) is 69.1 Å². The van der Waals surface area contributed by atoms with Crippen LogP contribution in [0.2, 0.25) is 0 Å². The third kappa shape index (κ3) is 6.95.